The van der Waals surface area contributed by atoms with Crippen LogP contribution in [0.1, 0.15) is 87.2 Å². The summed E-state index contributed by atoms with van der Waals surface area (Å²) in [6.45, 7) is 6.69. The predicted octanol–water partition coefficient (Wildman–Crippen LogP) is 4.60. The number of aryl methyl sites for hydroxylation is 1. The maximum absolute atomic E-state index is 12.2. The van der Waals surface area contributed by atoms with E-state index in [1.54, 1.807) is 0 Å². The number of fused-ring (bicyclic) bond motifs is 5. The number of ether oxygens (including phenoxy) is 2. The highest BCUT2D eigenvalue weighted by Crippen LogP contribution is 2.61. The first-order chi connectivity index (χ1) is 13.7. The highest BCUT2D eigenvalue weighted by Gasteiger charge is 2.56. The van der Waals surface area contributed by atoms with Crippen molar-refractivity contribution < 1.29 is 23.9 Å². The summed E-state index contributed by atoms with van der Waals surface area (Å²) in [6, 6.07) is 3.89. The molecule has 3 aliphatic carbocycles. The Morgan fingerprint density at radius 3 is 2.41 bits per heavy atom. The van der Waals surface area contributed by atoms with E-state index in [2.05, 4.69) is 6.92 Å². The maximum atomic E-state index is 12.2. The van der Waals surface area contributed by atoms with Gasteiger partial charge in [0.2, 0.25) is 0 Å². The largest absolute Gasteiger partial charge is 0.462 e. The topological polar surface area (TPSA) is 69.7 Å². The number of Topliss-reactive ketones (excluding diaryl/α,β-unsaturated/α-hetero) is 1. The van der Waals surface area contributed by atoms with E-state index >= 15 is 0 Å². The van der Waals surface area contributed by atoms with Gasteiger partial charge in [-0.05, 0) is 86.5 Å². The van der Waals surface area contributed by atoms with Crippen molar-refractivity contribution in [2.24, 2.45) is 17.3 Å². The Labute approximate surface area is 172 Å². The molecule has 5 atom stereocenters. The van der Waals surface area contributed by atoms with Crippen LogP contribution < -0.4 is 4.74 Å². The van der Waals surface area contributed by atoms with Crippen molar-refractivity contribution in [3.8, 4) is 5.75 Å². The molecule has 0 unspecified atom stereocenters. The number of benzene rings is 1. The fourth-order valence-corrected chi connectivity index (χ4v) is 6.46. The smallest absolute Gasteiger partial charge is 0.308 e. The quantitative estimate of drug-likeness (QED) is 0.423. The van der Waals surface area contributed by atoms with Crippen molar-refractivity contribution >= 4 is 17.7 Å². The molecule has 0 spiro atoms. The fraction of sp³-hybridized carbons (Fsp3) is 0.625. The van der Waals surface area contributed by atoms with Crippen molar-refractivity contribution in [2.45, 2.75) is 78.2 Å². The van der Waals surface area contributed by atoms with Gasteiger partial charge in [0.25, 0.3) is 0 Å². The highest BCUT2D eigenvalue weighted by atomic mass is 16.5. The van der Waals surface area contributed by atoms with Gasteiger partial charge in [0.05, 0.1) is 5.56 Å². The third-order valence-electron chi connectivity index (χ3n) is 7.68. The first-order valence-electron chi connectivity index (χ1n) is 10.7. The first kappa shape index (κ1) is 20.1. The van der Waals surface area contributed by atoms with Gasteiger partial charge in [-0.25, -0.2) is 0 Å². The second-order valence-corrected chi connectivity index (χ2v) is 9.33. The molecular weight excluding hydrogens is 368 g/mol. The van der Waals surface area contributed by atoms with E-state index in [4.69, 9.17) is 9.47 Å². The molecule has 0 aromatic heterocycles. The van der Waals surface area contributed by atoms with Gasteiger partial charge in [0.15, 0.2) is 5.78 Å². The predicted molar refractivity (Wildman–Crippen MR) is 108 cm³/mol. The number of carbonyl (C=O) groups excluding carboxylic acids is 3. The van der Waals surface area contributed by atoms with Crippen LogP contribution in [0.5, 0.6) is 5.75 Å². The van der Waals surface area contributed by atoms with Crippen LogP contribution >= 0.6 is 0 Å². The van der Waals surface area contributed by atoms with E-state index in [9.17, 15) is 14.4 Å². The monoisotopic (exact) mass is 398 g/mol. The van der Waals surface area contributed by atoms with Gasteiger partial charge in [-0.15, -0.1) is 0 Å². The third-order valence-corrected chi connectivity index (χ3v) is 7.68. The highest BCUT2D eigenvalue weighted by molar-refractivity contribution is 5.98. The summed E-state index contributed by atoms with van der Waals surface area (Å²) in [5.41, 5.74) is 2.99. The minimum atomic E-state index is -0.406. The number of hydrogen-bond donors (Lipinski definition) is 0. The molecule has 0 heterocycles. The molecule has 5 heteroatoms. The molecule has 0 N–H and O–H groups in total. The normalized spacial score (nSPS) is 32.6. The molecule has 2 saturated carbocycles. The minimum absolute atomic E-state index is 0.0199. The van der Waals surface area contributed by atoms with Crippen LogP contribution in [0, 0.1) is 17.3 Å². The zero-order valence-corrected chi connectivity index (χ0v) is 17.7. The van der Waals surface area contributed by atoms with Crippen molar-refractivity contribution in [2.75, 3.05) is 0 Å². The van der Waals surface area contributed by atoms with Gasteiger partial charge in [-0.3, -0.25) is 14.4 Å². The zero-order chi connectivity index (χ0) is 20.9. The molecule has 3 aliphatic rings. The van der Waals surface area contributed by atoms with E-state index in [0.29, 0.717) is 29.1 Å². The number of carbonyl (C=O) groups is 3. The Kier molecular flexibility index (Phi) is 5.04. The van der Waals surface area contributed by atoms with Crippen LogP contribution in [0.4, 0.5) is 0 Å². The van der Waals surface area contributed by atoms with E-state index in [1.165, 1.54) is 31.9 Å². The van der Waals surface area contributed by atoms with Crippen LogP contribution in [-0.4, -0.2) is 23.8 Å². The molecule has 0 amide bonds. The number of ketones is 1. The van der Waals surface area contributed by atoms with E-state index in [1.807, 2.05) is 12.1 Å². The van der Waals surface area contributed by atoms with E-state index < -0.39 is 5.97 Å². The molecule has 1 aromatic rings. The minimum Gasteiger partial charge on any atom is -0.462 e. The average Bonchev–Trinajstić information content (AvgIpc) is 2.96. The lowest BCUT2D eigenvalue weighted by atomic mass is 9.55. The molecule has 0 bridgehead atoms. The van der Waals surface area contributed by atoms with Gasteiger partial charge in [0.1, 0.15) is 11.9 Å². The lowest BCUT2D eigenvalue weighted by Crippen LogP contribution is -2.45. The van der Waals surface area contributed by atoms with Crippen molar-refractivity contribution in [1.82, 2.24) is 0 Å². The Bertz CT molecular complexity index is 872. The van der Waals surface area contributed by atoms with Gasteiger partial charge in [0, 0.05) is 19.3 Å². The number of esters is 2. The Hall–Kier alpha value is -2.17. The summed E-state index contributed by atoms with van der Waals surface area (Å²) in [4.78, 5) is 35.3. The molecule has 29 heavy (non-hydrogen) atoms. The molecule has 0 radical (unpaired) electrons. The Balaban J connectivity index is 1.67. The second-order valence-electron chi connectivity index (χ2n) is 9.33. The van der Waals surface area contributed by atoms with Gasteiger partial charge < -0.3 is 9.47 Å². The van der Waals surface area contributed by atoms with Crippen molar-refractivity contribution in [1.29, 1.82) is 0 Å². The molecule has 5 nitrogen and oxygen atoms in total. The van der Waals surface area contributed by atoms with Crippen molar-refractivity contribution in [3.05, 3.63) is 28.8 Å². The molecule has 0 aliphatic heterocycles. The third kappa shape index (κ3) is 3.38. The first-order valence-corrected chi connectivity index (χ1v) is 10.7. The maximum Gasteiger partial charge on any atom is 0.308 e. The average molecular weight is 398 g/mol. The Morgan fingerprint density at radius 2 is 1.76 bits per heavy atom. The Morgan fingerprint density at radius 1 is 1.00 bits per heavy atom. The van der Waals surface area contributed by atoms with Crippen LogP contribution in [0.25, 0.3) is 0 Å². The molecular formula is C24H30O5. The summed E-state index contributed by atoms with van der Waals surface area (Å²) in [5.74, 6) is 1.21. The molecule has 2 fully saturated rings. The van der Waals surface area contributed by atoms with Gasteiger partial charge >= 0.3 is 11.9 Å². The second kappa shape index (κ2) is 7.26. The zero-order valence-electron chi connectivity index (χ0n) is 17.7. The number of hydrogen-bond acceptors (Lipinski definition) is 5. The van der Waals surface area contributed by atoms with E-state index in [-0.39, 0.29) is 23.3 Å². The molecule has 156 valence electrons. The lowest BCUT2D eigenvalue weighted by Gasteiger charge is -2.50. The van der Waals surface area contributed by atoms with Crippen LogP contribution in [-0.2, 0) is 20.7 Å². The van der Waals surface area contributed by atoms with Gasteiger partial charge in [-0.2, -0.15) is 0 Å². The molecule has 4 rings (SSSR count). The molecule has 0 saturated heterocycles. The SMILES string of the molecule is CC(=O)Oc1cc2c(cc1C(C)=O)[C@H]1CC[C@]3(C)[C@@H](OC(C)=O)CC[C@H]3[C@@H]1CC2. The van der Waals surface area contributed by atoms with Gasteiger partial charge in [-0.1, -0.05) is 6.92 Å². The summed E-state index contributed by atoms with van der Waals surface area (Å²) in [5, 5.41) is 0. The summed E-state index contributed by atoms with van der Waals surface area (Å²) >= 11 is 0. The van der Waals surface area contributed by atoms with E-state index in [0.717, 1.165) is 38.5 Å². The summed E-state index contributed by atoms with van der Waals surface area (Å²) in [6.07, 6.45) is 6.13. The summed E-state index contributed by atoms with van der Waals surface area (Å²) < 4.78 is 11.0. The standard InChI is InChI=1S/C24H30O5/c1-13(25)19-12-20-16(11-22(19)28-14(2)26)5-6-18-17(20)9-10-24(4)21(18)7-8-23(24)29-15(3)27/h11-12,17-18,21,23H,5-10H2,1-4H3/t17-,18+,21-,23-,24-/m0/s1. The fourth-order valence-electron chi connectivity index (χ4n) is 6.46. The molecule has 1 aromatic carbocycles. The van der Waals surface area contributed by atoms with Crippen LogP contribution in [0.3, 0.4) is 0 Å². The lowest BCUT2D eigenvalue weighted by molar-refractivity contribution is -0.154. The summed E-state index contributed by atoms with van der Waals surface area (Å²) in [7, 11) is 0. The van der Waals surface area contributed by atoms with Crippen LogP contribution in [0.15, 0.2) is 12.1 Å². The number of rotatable bonds is 3. The van der Waals surface area contributed by atoms with Crippen LogP contribution in [0.2, 0.25) is 0 Å². The van der Waals surface area contributed by atoms with Crippen molar-refractivity contribution in [3.63, 3.8) is 0 Å².